The summed E-state index contributed by atoms with van der Waals surface area (Å²) in [5, 5.41) is 10.8. The minimum atomic E-state index is -0.805. The van der Waals surface area contributed by atoms with Crippen molar-refractivity contribution in [2.45, 2.75) is 40.7 Å². The second kappa shape index (κ2) is 5.78. The number of aliphatic hydroxyl groups is 1. The topological polar surface area (TPSA) is 20.2 Å². The molecule has 2 aromatic rings. The Labute approximate surface area is 130 Å². The number of hydrogen-bond donors (Lipinski definition) is 1. The van der Waals surface area contributed by atoms with Gasteiger partial charge in [0, 0.05) is 0 Å². The molecule has 1 nitrogen and oxygen atoms in total. The van der Waals surface area contributed by atoms with E-state index in [9.17, 15) is 9.50 Å². The summed E-state index contributed by atoms with van der Waals surface area (Å²) in [6.45, 7) is 10.2. The zero-order valence-electron chi connectivity index (χ0n) is 13.0. The van der Waals surface area contributed by atoms with E-state index in [1.165, 1.54) is 28.8 Å². The van der Waals surface area contributed by atoms with Gasteiger partial charge in [0.2, 0.25) is 0 Å². The van der Waals surface area contributed by atoms with Crippen molar-refractivity contribution < 1.29 is 9.50 Å². The number of halogens is 2. The Morgan fingerprint density at radius 2 is 1.38 bits per heavy atom. The summed E-state index contributed by atoms with van der Waals surface area (Å²) >= 11 is 5.83. The lowest BCUT2D eigenvalue weighted by atomic mass is 9.85. The summed E-state index contributed by atoms with van der Waals surface area (Å²) in [5.41, 5.74) is 7.25. The average Bonchev–Trinajstić information content (AvgIpc) is 2.46. The highest BCUT2D eigenvalue weighted by Crippen LogP contribution is 2.34. The number of aliphatic hydroxyl groups excluding tert-OH is 1. The van der Waals surface area contributed by atoms with Crippen LogP contribution in [0.1, 0.15) is 45.0 Å². The van der Waals surface area contributed by atoms with Crippen LogP contribution >= 0.6 is 11.6 Å². The maximum Gasteiger partial charge on any atom is 0.141 e. The van der Waals surface area contributed by atoms with Crippen LogP contribution in [0.5, 0.6) is 0 Å². The van der Waals surface area contributed by atoms with Gasteiger partial charge in [0.25, 0.3) is 0 Å². The molecule has 0 bridgehead atoms. The molecule has 21 heavy (non-hydrogen) atoms. The van der Waals surface area contributed by atoms with Crippen LogP contribution in [0.25, 0.3) is 0 Å². The van der Waals surface area contributed by atoms with Crippen molar-refractivity contribution in [2.75, 3.05) is 0 Å². The van der Waals surface area contributed by atoms with E-state index in [0.29, 0.717) is 5.56 Å². The first-order chi connectivity index (χ1) is 9.75. The minimum Gasteiger partial charge on any atom is -0.384 e. The number of hydrogen-bond acceptors (Lipinski definition) is 1. The van der Waals surface area contributed by atoms with Crippen molar-refractivity contribution in [3.05, 3.63) is 68.0 Å². The van der Waals surface area contributed by atoms with Crippen LogP contribution in [-0.2, 0) is 0 Å². The van der Waals surface area contributed by atoms with Gasteiger partial charge in [0.05, 0.1) is 5.02 Å². The zero-order chi connectivity index (χ0) is 15.9. The van der Waals surface area contributed by atoms with Crippen LogP contribution in [0.15, 0.2) is 18.2 Å². The highest BCUT2D eigenvalue weighted by Gasteiger charge is 2.20. The molecule has 0 saturated heterocycles. The lowest BCUT2D eigenvalue weighted by Gasteiger charge is -2.23. The van der Waals surface area contributed by atoms with Gasteiger partial charge < -0.3 is 5.11 Å². The lowest BCUT2D eigenvalue weighted by Crippen LogP contribution is -2.09. The predicted molar refractivity (Wildman–Crippen MR) is 85.6 cm³/mol. The average molecular weight is 307 g/mol. The fourth-order valence-electron chi connectivity index (χ4n) is 2.79. The summed E-state index contributed by atoms with van der Waals surface area (Å²) in [6.07, 6.45) is -0.805. The molecule has 112 valence electrons. The Balaban J connectivity index is 2.63. The van der Waals surface area contributed by atoms with E-state index in [1.54, 1.807) is 6.07 Å². The Bertz CT molecular complexity index is 678. The first-order valence-electron chi connectivity index (χ1n) is 6.95. The Morgan fingerprint density at radius 1 is 0.905 bits per heavy atom. The van der Waals surface area contributed by atoms with Gasteiger partial charge in [-0.2, -0.15) is 0 Å². The van der Waals surface area contributed by atoms with E-state index in [4.69, 9.17) is 11.6 Å². The molecule has 0 amide bonds. The molecule has 0 heterocycles. The van der Waals surface area contributed by atoms with E-state index in [1.807, 2.05) is 13.8 Å². The van der Waals surface area contributed by atoms with Crippen molar-refractivity contribution in [1.82, 2.24) is 0 Å². The van der Waals surface area contributed by atoms with Gasteiger partial charge in [-0.05, 0) is 85.7 Å². The Morgan fingerprint density at radius 3 is 1.86 bits per heavy atom. The first-order valence-corrected chi connectivity index (χ1v) is 7.33. The summed E-state index contributed by atoms with van der Waals surface area (Å²) in [4.78, 5) is 0. The van der Waals surface area contributed by atoms with Crippen LogP contribution in [0.3, 0.4) is 0 Å². The van der Waals surface area contributed by atoms with Crippen LogP contribution < -0.4 is 0 Å². The van der Waals surface area contributed by atoms with Crippen molar-refractivity contribution in [1.29, 1.82) is 0 Å². The van der Waals surface area contributed by atoms with Crippen molar-refractivity contribution in [2.24, 2.45) is 0 Å². The minimum absolute atomic E-state index is 0.0300. The van der Waals surface area contributed by atoms with Crippen LogP contribution in [0, 0.1) is 40.4 Å². The summed E-state index contributed by atoms with van der Waals surface area (Å²) in [5.74, 6) is -0.475. The molecule has 0 saturated carbocycles. The summed E-state index contributed by atoms with van der Waals surface area (Å²) < 4.78 is 13.3. The summed E-state index contributed by atoms with van der Waals surface area (Å²) in [6, 6.07) is 4.36. The monoisotopic (exact) mass is 306 g/mol. The SMILES string of the molecule is Cc1c(C)c(C)c(C(O)c2ccc(F)c(Cl)c2)c(C)c1C. The molecule has 3 heteroatoms. The summed E-state index contributed by atoms with van der Waals surface area (Å²) in [7, 11) is 0. The van der Waals surface area contributed by atoms with Gasteiger partial charge in [0.15, 0.2) is 0 Å². The zero-order valence-corrected chi connectivity index (χ0v) is 13.8. The molecule has 0 aliphatic rings. The highest BCUT2D eigenvalue weighted by atomic mass is 35.5. The molecule has 1 N–H and O–H groups in total. The molecule has 1 unspecified atom stereocenters. The smallest absolute Gasteiger partial charge is 0.141 e. The maximum atomic E-state index is 13.3. The molecular weight excluding hydrogens is 287 g/mol. The van der Waals surface area contributed by atoms with E-state index in [0.717, 1.165) is 16.7 Å². The van der Waals surface area contributed by atoms with Gasteiger partial charge in [-0.15, -0.1) is 0 Å². The fourth-order valence-corrected chi connectivity index (χ4v) is 2.98. The van der Waals surface area contributed by atoms with E-state index in [-0.39, 0.29) is 5.02 Å². The van der Waals surface area contributed by atoms with Gasteiger partial charge in [-0.3, -0.25) is 0 Å². The fraction of sp³-hybridized carbons (Fsp3) is 0.333. The Hall–Kier alpha value is -1.38. The van der Waals surface area contributed by atoms with Crippen LogP contribution in [-0.4, -0.2) is 5.11 Å². The molecule has 2 aromatic carbocycles. The molecule has 0 radical (unpaired) electrons. The second-order valence-electron chi connectivity index (χ2n) is 5.61. The van der Waals surface area contributed by atoms with Crippen molar-refractivity contribution in [3.8, 4) is 0 Å². The third kappa shape index (κ3) is 2.70. The lowest BCUT2D eigenvalue weighted by molar-refractivity contribution is 0.218. The molecular formula is C18H20ClFO. The number of benzene rings is 2. The van der Waals surface area contributed by atoms with Gasteiger partial charge in [0.1, 0.15) is 11.9 Å². The van der Waals surface area contributed by atoms with E-state index < -0.39 is 11.9 Å². The molecule has 2 rings (SSSR count). The van der Waals surface area contributed by atoms with Gasteiger partial charge in [-0.25, -0.2) is 4.39 Å². The van der Waals surface area contributed by atoms with Crippen molar-refractivity contribution in [3.63, 3.8) is 0 Å². The molecule has 0 aliphatic carbocycles. The van der Waals surface area contributed by atoms with Gasteiger partial charge >= 0.3 is 0 Å². The third-order valence-electron chi connectivity index (χ3n) is 4.59. The molecule has 0 aliphatic heterocycles. The van der Waals surface area contributed by atoms with Crippen LogP contribution in [0.4, 0.5) is 4.39 Å². The molecule has 1 atom stereocenters. The standard InChI is InChI=1S/C18H20ClFO/c1-9-10(2)12(4)17(13(5)11(9)3)18(21)14-6-7-16(20)15(19)8-14/h6-8,18,21H,1-5H3. The number of rotatable bonds is 2. The van der Waals surface area contributed by atoms with Gasteiger partial charge in [-0.1, -0.05) is 17.7 Å². The second-order valence-corrected chi connectivity index (χ2v) is 6.02. The first kappa shape index (κ1) is 16.0. The normalized spacial score (nSPS) is 12.6. The third-order valence-corrected chi connectivity index (χ3v) is 4.88. The molecule has 0 fully saturated rings. The van der Waals surface area contributed by atoms with Crippen molar-refractivity contribution >= 4 is 11.6 Å². The largest absolute Gasteiger partial charge is 0.384 e. The maximum absolute atomic E-state index is 13.3. The molecule has 0 aromatic heterocycles. The van der Waals surface area contributed by atoms with Crippen LogP contribution in [0.2, 0.25) is 5.02 Å². The Kier molecular flexibility index (Phi) is 4.40. The van der Waals surface area contributed by atoms with E-state index in [2.05, 4.69) is 20.8 Å². The van der Waals surface area contributed by atoms with E-state index >= 15 is 0 Å². The molecule has 0 spiro atoms. The predicted octanol–water partition coefficient (Wildman–Crippen LogP) is 5.10. The quantitative estimate of drug-likeness (QED) is 0.818. The highest BCUT2D eigenvalue weighted by molar-refractivity contribution is 6.30.